The van der Waals surface area contributed by atoms with E-state index in [0.717, 1.165) is 16.5 Å². The number of nitrogens with zero attached hydrogens (tertiary/aromatic N) is 2. The number of carbonyl (C=O) groups is 2. The Kier molecular flexibility index (Phi) is 3.69. The zero-order valence-corrected chi connectivity index (χ0v) is 13.4. The highest BCUT2D eigenvalue weighted by atomic mass is 16.4. The summed E-state index contributed by atoms with van der Waals surface area (Å²) in [5, 5.41) is 10.6. The third-order valence-corrected chi connectivity index (χ3v) is 4.63. The van der Waals surface area contributed by atoms with Crippen LogP contribution in [0.15, 0.2) is 60.8 Å². The summed E-state index contributed by atoms with van der Waals surface area (Å²) in [5.41, 5.74) is 2.96. The summed E-state index contributed by atoms with van der Waals surface area (Å²) in [7, 11) is 0. The van der Waals surface area contributed by atoms with Crippen LogP contribution in [0, 0.1) is 0 Å². The van der Waals surface area contributed by atoms with E-state index in [9.17, 15) is 14.7 Å². The number of pyridine rings is 1. The fourth-order valence-corrected chi connectivity index (χ4v) is 3.43. The number of aliphatic carboxylic acids is 1. The van der Waals surface area contributed by atoms with Crippen LogP contribution >= 0.6 is 0 Å². The zero-order valence-electron chi connectivity index (χ0n) is 13.4. The van der Waals surface area contributed by atoms with Crippen LogP contribution in [-0.2, 0) is 11.2 Å². The minimum Gasteiger partial charge on any atom is -0.479 e. The van der Waals surface area contributed by atoms with E-state index in [0.29, 0.717) is 24.1 Å². The maximum absolute atomic E-state index is 13.0. The van der Waals surface area contributed by atoms with Gasteiger partial charge in [0.1, 0.15) is 0 Å². The molecule has 1 aliphatic heterocycles. The Morgan fingerprint density at radius 3 is 2.76 bits per heavy atom. The van der Waals surface area contributed by atoms with Crippen molar-refractivity contribution < 1.29 is 14.7 Å². The molecule has 1 amide bonds. The molecule has 0 radical (unpaired) electrons. The molecule has 0 saturated heterocycles. The summed E-state index contributed by atoms with van der Waals surface area (Å²) in [6, 6.07) is 15.4. The fourth-order valence-electron chi connectivity index (χ4n) is 3.43. The van der Waals surface area contributed by atoms with Crippen LogP contribution in [-0.4, -0.2) is 33.4 Å². The molecule has 25 heavy (non-hydrogen) atoms. The molecule has 5 nitrogen and oxygen atoms in total. The number of carboxylic acids is 1. The van der Waals surface area contributed by atoms with E-state index >= 15 is 0 Å². The Morgan fingerprint density at radius 2 is 1.92 bits per heavy atom. The number of hydrogen-bond donors (Lipinski definition) is 1. The van der Waals surface area contributed by atoms with E-state index in [4.69, 9.17) is 0 Å². The van der Waals surface area contributed by atoms with Crippen molar-refractivity contribution in [2.24, 2.45) is 0 Å². The van der Waals surface area contributed by atoms with Crippen molar-refractivity contribution in [3.8, 4) is 0 Å². The predicted octanol–water partition coefficient (Wildman–Crippen LogP) is 3.06. The quantitative estimate of drug-likeness (QED) is 0.783. The Hall–Kier alpha value is -3.21. The van der Waals surface area contributed by atoms with E-state index in [2.05, 4.69) is 4.98 Å². The van der Waals surface area contributed by atoms with E-state index in [1.54, 1.807) is 30.5 Å². The maximum atomic E-state index is 13.0. The molecule has 1 aliphatic rings. The second kappa shape index (κ2) is 6.02. The number of amides is 1. The molecule has 0 bridgehead atoms. The first-order valence-electron chi connectivity index (χ1n) is 8.11. The molecule has 0 saturated carbocycles. The van der Waals surface area contributed by atoms with Crippen LogP contribution in [0.5, 0.6) is 0 Å². The monoisotopic (exact) mass is 332 g/mol. The van der Waals surface area contributed by atoms with Gasteiger partial charge in [0.05, 0.1) is 5.52 Å². The van der Waals surface area contributed by atoms with Crippen molar-refractivity contribution >= 4 is 22.8 Å². The predicted molar refractivity (Wildman–Crippen MR) is 93.3 cm³/mol. The molecule has 1 atom stereocenters. The standard InChI is InChI=1S/C20H16N2O3/c23-19(15-7-8-17-14(12-15)5-3-10-21-17)22-11-9-13-4-1-2-6-16(13)18(22)20(24)25/h1-8,10,12,18H,9,11H2,(H,24,25)/t18-/m0/s1. The van der Waals surface area contributed by atoms with Gasteiger partial charge in [-0.15, -0.1) is 0 Å². The lowest BCUT2D eigenvalue weighted by molar-refractivity contribution is -0.143. The van der Waals surface area contributed by atoms with Gasteiger partial charge in [-0.1, -0.05) is 30.3 Å². The molecule has 3 aromatic rings. The molecule has 2 aromatic carbocycles. The van der Waals surface area contributed by atoms with Gasteiger partial charge in [-0.25, -0.2) is 4.79 Å². The largest absolute Gasteiger partial charge is 0.479 e. The Balaban J connectivity index is 1.74. The van der Waals surface area contributed by atoms with Gasteiger partial charge in [0, 0.05) is 23.7 Å². The van der Waals surface area contributed by atoms with Gasteiger partial charge in [-0.05, 0) is 41.8 Å². The lowest BCUT2D eigenvalue weighted by atomic mass is 9.92. The third kappa shape index (κ3) is 2.63. The highest BCUT2D eigenvalue weighted by molar-refractivity contribution is 6.00. The van der Waals surface area contributed by atoms with Crippen LogP contribution in [0.2, 0.25) is 0 Å². The molecule has 1 aromatic heterocycles. The summed E-state index contributed by atoms with van der Waals surface area (Å²) in [6.07, 6.45) is 2.35. The first-order valence-corrected chi connectivity index (χ1v) is 8.11. The van der Waals surface area contributed by atoms with Gasteiger partial charge in [0.25, 0.3) is 5.91 Å². The minimum absolute atomic E-state index is 0.271. The second-order valence-electron chi connectivity index (χ2n) is 6.10. The molecule has 0 aliphatic carbocycles. The Morgan fingerprint density at radius 1 is 1.08 bits per heavy atom. The number of rotatable bonds is 2. The Labute approximate surface area is 144 Å². The van der Waals surface area contributed by atoms with Crippen molar-refractivity contribution in [3.05, 3.63) is 77.5 Å². The maximum Gasteiger partial charge on any atom is 0.331 e. The van der Waals surface area contributed by atoms with Crippen LogP contribution in [0.4, 0.5) is 0 Å². The third-order valence-electron chi connectivity index (χ3n) is 4.63. The number of carbonyl (C=O) groups excluding carboxylic acids is 1. The van der Waals surface area contributed by atoms with Gasteiger partial charge in [0.2, 0.25) is 0 Å². The number of hydrogen-bond acceptors (Lipinski definition) is 3. The number of fused-ring (bicyclic) bond motifs is 2. The second-order valence-corrected chi connectivity index (χ2v) is 6.10. The van der Waals surface area contributed by atoms with Gasteiger partial charge in [-0.2, -0.15) is 0 Å². The molecule has 124 valence electrons. The first-order chi connectivity index (χ1) is 12.1. The van der Waals surface area contributed by atoms with Gasteiger partial charge >= 0.3 is 5.97 Å². The SMILES string of the molecule is O=C(O)[C@@H]1c2ccccc2CCN1C(=O)c1ccc2ncccc2c1. The molecule has 0 spiro atoms. The van der Waals surface area contributed by atoms with Crippen molar-refractivity contribution in [2.75, 3.05) is 6.54 Å². The summed E-state index contributed by atoms with van der Waals surface area (Å²) in [4.78, 5) is 30.6. The van der Waals surface area contributed by atoms with Crippen molar-refractivity contribution in [1.29, 1.82) is 0 Å². The van der Waals surface area contributed by atoms with Gasteiger partial charge < -0.3 is 10.0 Å². The highest BCUT2D eigenvalue weighted by Crippen LogP contribution is 2.31. The normalized spacial score (nSPS) is 16.5. The van der Waals surface area contributed by atoms with E-state index in [1.807, 2.05) is 30.3 Å². The molecular weight excluding hydrogens is 316 g/mol. The average molecular weight is 332 g/mol. The van der Waals surface area contributed by atoms with E-state index in [-0.39, 0.29) is 5.91 Å². The number of aromatic nitrogens is 1. The summed E-state index contributed by atoms with van der Waals surface area (Å²) in [5.74, 6) is -1.28. The summed E-state index contributed by atoms with van der Waals surface area (Å²) < 4.78 is 0. The van der Waals surface area contributed by atoms with Crippen LogP contribution in [0.1, 0.15) is 27.5 Å². The van der Waals surface area contributed by atoms with Crippen molar-refractivity contribution in [2.45, 2.75) is 12.5 Å². The van der Waals surface area contributed by atoms with Crippen LogP contribution < -0.4 is 0 Å². The summed E-state index contributed by atoms with van der Waals surface area (Å²) >= 11 is 0. The minimum atomic E-state index is -1.01. The molecule has 2 heterocycles. The average Bonchev–Trinajstić information content (AvgIpc) is 2.66. The molecule has 5 heteroatoms. The highest BCUT2D eigenvalue weighted by Gasteiger charge is 2.36. The lowest BCUT2D eigenvalue weighted by Gasteiger charge is -2.34. The van der Waals surface area contributed by atoms with Crippen LogP contribution in [0.3, 0.4) is 0 Å². The van der Waals surface area contributed by atoms with E-state index in [1.165, 1.54) is 4.90 Å². The van der Waals surface area contributed by atoms with Crippen molar-refractivity contribution in [3.63, 3.8) is 0 Å². The topological polar surface area (TPSA) is 70.5 Å². The van der Waals surface area contributed by atoms with Gasteiger partial charge in [-0.3, -0.25) is 9.78 Å². The van der Waals surface area contributed by atoms with E-state index < -0.39 is 12.0 Å². The first kappa shape index (κ1) is 15.3. The number of carboxylic acid groups (broad SMARTS) is 1. The molecule has 0 fully saturated rings. The summed E-state index contributed by atoms with van der Waals surface area (Å²) in [6.45, 7) is 0.387. The molecular formula is C20H16N2O3. The fraction of sp³-hybridized carbons (Fsp3) is 0.150. The van der Waals surface area contributed by atoms with Crippen molar-refractivity contribution in [1.82, 2.24) is 9.88 Å². The number of benzene rings is 2. The van der Waals surface area contributed by atoms with Gasteiger partial charge in [0.15, 0.2) is 6.04 Å². The van der Waals surface area contributed by atoms with Crippen LogP contribution in [0.25, 0.3) is 10.9 Å². The Bertz CT molecular complexity index is 983. The molecule has 4 rings (SSSR count). The smallest absolute Gasteiger partial charge is 0.331 e. The molecule has 0 unspecified atom stereocenters. The molecule has 1 N–H and O–H groups in total. The zero-order chi connectivity index (χ0) is 17.4. The lowest BCUT2D eigenvalue weighted by Crippen LogP contribution is -2.43.